The molecule has 5 nitrogen and oxygen atoms in total. The van der Waals surface area contributed by atoms with Gasteiger partial charge in [0.25, 0.3) is 0 Å². The number of carbonyl (C=O) groups excluding carboxylic acids is 1. The monoisotopic (exact) mass is 296 g/mol. The lowest BCUT2D eigenvalue weighted by molar-refractivity contribution is -0.137. The summed E-state index contributed by atoms with van der Waals surface area (Å²) in [4.78, 5) is 14.0. The summed E-state index contributed by atoms with van der Waals surface area (Å²) in [7, 11) is -2.94. The summed E-state index contributed by atoms with van der Waals surface area (Å²) in [5.41, 5.74) is 0. The van der Waals surface area contributed by atoms with E-state index in [2.05, 4.69) is 5.32 Å². The topological polar surface area (TPSA) is 66.5 Å². The molecule has 2 aliphatic rings. The van der Waals surface area contributed by atoms with Crippen LogP contribution < -0.4 is 5.32 Å². The van der Waals surface area contributed by atoms with E-state index in [-0.39, 0.29) is 41.8 Å². The van der Waals surface area contributed by atoms with Crippen LogP contribution in [0.4, 0.5) is 0 Å². The lowest BCUT2D eigenvalue weighted by Gasteiger charge is -2.36. The molecule has 1 amide bonds. The van der Waals surface area contributed by atoms with Crippen LogP contribution in [0.15, 0.2) is 0 Å². The van der Waals surface area contributed by atoms with Crippen molar-refractivity contribution in [3.8, 4) is 0 Å². The average Bonchev–Trinajstić information content (AvgIpc) is 2.28. The molecular formula is C11H21ClN2O3S. The summed E-state index contributed by atoms with van der Waals surface area (Å²) in [6, 6.07) is -0.178. The van der Waals surface area contributed by atoms with Gasteiger partial charge in [0, 0.05) is 19.1 Å². The predicted molar refractivity (Wildman–Crippen MR) is 72.7 cm³/mol. The summed E-state index contributed by atoms with van der Waals surface area (Å²) in [5.74, 6) is 0.383. The van der Waals surface area contributed by atoms with E-state index in [0.717, 1.165) is 25.9 Å². The fraction of sp³-hybridized carbons (Fsp3) is 0.909. The Morgan fingerprint density at radius 3 is 2.67 bits per heavy atom. The van der Waals surface area contributed by atoms with Gasteiger partial charge >= 0.3 is 0 Å². The minimum absolute atomic E-state index is 0. The SMILES string of the molecule is CC1CS(=O)(=O)CCN1C(=O)C1CCCNC1.Cl. The van der Waals surface area contributed by atoms with Crippen LogP contribution in [0, 0.1) is 5.92 Å². The molecule has 2 unspecified atom stereocenters. The van der Waals surface area contributed by atoms with E-state index in [1.165, 1.54) is 0 Å². The Morgan fingerprint density at radius 1 is 1.39 bits per heavy atom. The molecule has 7 heteroatoms. The summed E-state index contributed by atoms with van der Waals surface area (Å²) in [5, 5.41) is 3.22. The third-order valence-corrected chi connectivity index (χ3v) is 5.39. The number of amides is 1. The number of hydrogen-bond donors (Lipinski definition) is 1. The van der Waals surface area contributed by atoms with Gasteiger partial charge in [-0.2, -0.15) is 0 Å². The molecule has 0 aromatic heterocycles. The first-order chi connectivity index (χ1) is 7.99. The van der Waals surface area contributed by atoms with Gasteiger partial charge < -0.3 is 10.2 Å². The van der Waals surface area contributed by atoms with Gasteiger partial charge in [-0.05, 0) is 26.3 Å². The van der Waals surface area contributed by atoms with E-state index >= 15 is 0 Å². The van der Waals surface area contributed by atoms with Gasteiger partial charge in [0.05, 0.1) is 17.4 Å². The zero-order valence-corrected chi connectivity index (χ0v) is 12.2. The van der Waals surface area contributed by atoms with Gasteiger partial charge in [-0.3, -0.25) is 4.79 Å². The Balaban J connectivity index is 0.00000162. The maximum atomic E-state index is 12.3. The first kappa shape index (κ1) is 15.7. The zero-order chi connectivity index (χ0) is 12.5. The highest BCUT2D eigenvalue weighted by molar-refractivity contribution is 7.91. The van der Waals surface area contributed by atoms with Crippen molar-refractivity contribution in [2.24, 2.45) is 5.92 Å². The van der Waals surface area contributed by atoms with Gasteiger partial charge in [0.2, 0.25) is 5.91 Å². The van der Waals surface area contributed by atoms with Crippen molar-refractivity contribution in [1.29, 1.82) is 0 Å². The second kappa shape index (κ2) is 6.21. The Morgan fingerprint density at radius 2 is 2.11 bits per heavy atom. The molecule has 18 heavy (non-hydrogen) atoms. The second-order valence-electron chi connectivity index (χ2n) is 5.04. The van der Waals surface area contributed by atoms with Crippen molar-refractivity contribution in [2.45, 2.75) is 25.8 Å². The van der Waals surface area contributed by atoms with E-state index < -0.39 is 9.84 Å². The van der Waals surface area contributed by atoms with Crippen molar-refractivity contribution in [1.82, 2.24) is 10.2 Å². The highest BCUT2D eigenvalue weighted by Crippen LogP contribution is 2.18. The van der Waals surface area contributed by atoms with E-state index in [1.54, 1.807) is 4.90 Å². The molecule has 0 saturated carbocycles. The fourth-order valence-electron chi connectivity index (χ4n) is 2.62. The smallest absolute Gasteiger partial charge is 0.227 e. The van der Waals surface area contributed by atoms with Crippen LogP contribution in [0.2, 0.25) is 0 Å². The lowest BCUT2D eigenvalue weighted by Crippen LogP contribution is -2.53. The van der Waals surface area contributed by atoms with Crippen molar-refractivity contribution in [3.05, 3.63) is 0 Å². The van der Waals surface area contributed by atoms with Crippen molar-refractivity contribution in [2.75, 3.05) is 31.1 Å². The number of nitrogens with one attached hydrogen (secondary N) is 1. The Kier molecular flexibility index (Phi) is 5.43. The quantitative estimate of drug-likeness (QED) is 0.743. The van der Waals surface area contributed by atoms with Gasteiger partial charge in [-0.15, -0.1) is 12.4 Å². The average molecular weight is 297 g/mol. The number of rotatable bonds is 1. The summed E-state index contributed by atoms with van der Waals surface area (Å²) in [6.45, 7) is 3.90. The summed E-state index contributed by atoms with van der Waals surface area (Å²) in [6.07, 6.45) is 1.94. The van der Waals surface area contributed by atoms with E-state index in [0.29, 0.717) is 6.54 Å². The molecule has 2 rings (SSSR count). The van der Waals surface area contributed by atoms with E-state index in [1.807, 2.05) is 6.92 Å². The second-order valence-corrected chi connectivity index (χ2v) is 7.27. The molecule has 2 atom stereocenters. The molecule has 2 fully saturated rings. The molecule has 2 aliphatic heterocycles. The Labute approximate surface area is 115 Å². The third kappa shape index (κ3) is 3.59. The molecule has 2 heterocycles. The zero-order valence-electron chi connectivity index (χ0n) is 10.6. The van der Waals surface area contributed by atoms with Crippen LogP contribution in [0.1, 0.15) is 19.8 Å². The Bertz CT molecular complexity index is 393. The molecule has 1 N–H and O–H groups in total. The van der Waals surface area contributed by atoms with E-state index in [4.69, 9.17) is 0 Å². The third-order valence-electron chi connectivity index (χ3n) is 3.60. The van der Waals surface area contributed by atoms with Gasteiger partial charge in [0.15, 0.2) is 9.84 Å². The van der Waals surface area contributed by atoms with Gasteiger partial charge in [-0.25, -0.2) is 8.42 Å². The van der Waals surface area contributed by atoms with Crippen LogP contribution in [0.3, 0.4) is 0 Å². The number of halogens is 1. The minimum atomic E-state index is -2.94. The minimum Gasteiger partial charge on any atom is -0.338 e. The van der Waals surface area contributed by atoms with Crippen LogP contribution in [0.25, 0.3) is 0 Å². The number of carbonyl (C=O) groups is 1. The first-order valence-corrected chi connectivity index (χ1v) is 8.03. The molecule has 0 spiro atoms. The Hall–Kier alpha value is -0.330. The number of hydrogen-bond acceptors (Lipinski definition) is 4. The maximum Gasteiger partial charge on any atom is 0.227 e. The number of sulfone groups is 1. The normalized spacial score (nSPS) is 31.5. The molecule has 0 aliphatic carbocycles. The molecule has 0 bridgehead atoms. The standard InChI is InChI=1S/C11H20N2O3S.ClH/c1-9-8-17(15,16)6-5-13(9)11(14)10-3-2-4-12-7-10;/h9-10,12H,2-8H2,1H3;1H. The lowest BCUT2D eigenvalue weighted by atomic mass is 9.97. The van der Waals surface area contributed by atoms with E-state index in [9.17, 15) is 13.2 Å². The molecular weight excluding hydrogens is 276 g/mol. The maximum absolute atomic E-state index is 12.3. The highest BCUT2D eigenvalue weighted by atomic mass is 35.5. The predicted octanol–water partition coefficient (Wildman–Crippen LogP) is 0.0533. The van der Waals surface area contributed by atoms with Crippen LogP contribution in [0.5, 0.6) is 0 Å². The summed E-state index contributed by atoms with van der Waals surface area (Å²) < 4.78 is 22.9. The van der Waals surface area contributed by atoms with Crippen molar-refractivity contribution < 1.29 is 13.2 Å². The molecule has 0 aromatic rings. The molecule has 0 aromatic carbocycles. The molecule has 2 saturated heterocycles. The highest BCUT2D eigenvalue weighted by Gasteiger charge is 2.34. The molecule has 106 valence electrons. The van der Waals surface area contributed by atoms with Crippen LogP contribution >= 0.6 is 12.4 Å². The number of piperidine rings is 1. The van der Waals surface area contributed by atoms with Crippen molar-refractivity contribution >= 4 is 28.2 Å². The van der Waals surface area contributed by atoms with Crippen molar-refractivity contribution in [3.63, 3.8) is 0 Å². The molecule has 0 radical (unpaired) electrons. The van der Waals surface area contributed by atoms with Gasteiger partial charge in [0.1, 0.15) is 0 Å². The van der Waals surface area contributed by atoms with Gasteiger partial charge in [-0.1, -0.05) is 0 Å². The summed E-state index contributed by atoms with van der Waals surface area (Å²) >= 11 is 0. The van der Waals surface area contributed by atoms with Crippen LogP contribution in [-0.2, 0) is 14.6 Å². The van der Waals surface area contributed by atoms with Crippen LogP contribution in [-0.4, -0.2) is 56.4 Å². The number of nitrogens with zero attached hydrogens (tertiary/aromatic N) is 1. The first-order valence-electron chi connectivity index (χ1n) is 6.21. The fourth-order valence-corrected chi connectivity index (χ4v) is 4.18. The largest absolute Gasteiger partial charge is 0.338 e.